The van der Waals surface area contributed by atoms with E-state index >= 15 is 0 Å². The molecule has 3 heteroatoms. The Morgan fingerprint density at radius 1 is 1.12 bits per heavy atom. The van der Waals surface area contributed by atoms with Gasteiger partial charge in [0.1, 0.15) is 0 Å². The third-order valence-electron chi connectivity index (χ3n) is 1.90. The molecule has 0 heterocycles. The van der Waals surface area contributed by atoms with E-state index < -0.39 is 11.8 Å². The van der Waals surface area contributed by atoms with Crippen LogP contribution in [0.5, 0.6) is 0 Å². The molecule has 0 radical (unpaired) electrons. The Hall–Kier alpha value is -1.64. The highest BCUT2D eigenvalue weighted by Gasteiger charge is 2.13. The molecule has 0 atom stereocenters. The molecule has 0 amide bonds. The first-order valence-corrected chi connectivity index (χ1v) is 5.30. The highest BCUT2D eigenvalue weighted by Crippen LogP contribution is 2.04. The fourth-order valence-corrected chi connectivity index (χ4v) is 1.08. The van der Waals surface area contributed by atoms with Gasteiger partial charge in [-0.3, -0.25) is 4.79 Å². The Morgan fingerprint density at radius 3 is 2.06 bits per heavy atom. The lowest BCUT2D eigenvalue weighted by atomic mass is 10.1. The van der Waals surface area contributed by atoms with Gasteiger partial charge >= 0.3 is 5.97 Å². The Bertz CT molecular complexity index is 339. The minimum Gasteiger partial charge on any atom is -0.463 e. The van der Waals surface area contributed by atoms with Gasteiger partial charge in [-0.1, -0.05) is 43.7 Å². The van der Waals surface area contributed by atoms with Gasteiger partial charge in [0.25, 0.3) is 0 Å². The molecule has 3 nitrogen and oxygen atoms in total. The highest BCUT2D eigenvalue weighted by molar-refractivity contribution is 6.34. The zero-order valence-electron chi connectivity index (χ0n) is 10.2. The third-order valence-corrected chi connectivity index (χ3v) is 1.90. The summed E-state index contributed by atoms with van der Waals surface area (Å²) in [5.74, 6) is -1.30. The highest BCUT2D eigenvalue weighted by atomic mass is 16.5. The summed E-state index contributed by atoms with van der Waals surface area (Å²) in [7, 11) is 1.20. The van der Waals surface area contributed by atoms with Crippen molar-refractivity contribution in [3.05, 3.63) is 35.4 Å². The Morgan fingerprint density at radius 2 is 1.62 bits per heavy atom. The van der Waals surface area contributed by atoms with Crippen LogP contribution >= 0.6 is 0 Å². The van der Waals surface area contributed by atoms with Gasteiger partial charge in [0.2, 0.25) is 5.78 Å². The maximum atomic E-state index is 11.2. The summed E-state index contributed by atoms with van der Waals surface area (Å²) in [6, 6.07) is 7.46. The van der Waals surface area contributed by atoms with Crippen molar-refractivity contribution in [1.29, 1.82) is 0 Å². The van der Waals surface area contributed by atoms with Crippen LogP contribution in [0.2, 0.25) is 0 Å². The molecule has 1 aromatic carbocycles. The molecule has 88 valence electrons. The Balaban J connectivity index is 0.00000106. The second kappa shape index (κ2) is 7.63. The summed E-state index contributed by atoms with van der Waals surface area (Å²) in [6.07, 6.45) is 0.104. The largest absolute Gasteiger partial charge is 0.463 e. The number of hydrogen-bond acceptors (Lipinski definition) is 3. The summed E-state index contributed by atoms with van der Waals surface area (Å²) in [6.45, 7) is 5.96. The number of ketones is 1. The van der Waals surface area contributed by atoms with Crippen LogP contribution in [-0.4, -0.2) is 18.9 Å². The smallest absolute Gasteiger partial charge is 0.374 e. The van der Waals surface area contributed by atoms with Crippen LogP contribution in [0.15, 0.2) is 24.3 Å². The van der Waals surface area contributed by atoms with Crippen LogP contribution in [0.1, 0.15) is 25.0 Å². The summed E-state index contributed by atoms with van der Waals surface area (Å²) in [4.78, 5) is 22.0. The molecule has 0 aliphatic rings. The van der Waals surface area contributed by atoms with Gasteiger partial charge in [-0.05, 0) is 12.5 Å². The number of aryl methyl sites for hydroxylation is 1. The molecule has 0 aromatic heterocycles. The second-order valence-electron chi connectivity index (χ2n) is 3.08. The van der Waals surface area contributed by atoms with Crippen LogP contribution in [-0.2, 0) is 20.7 Å². The van der Waals surface area contributed by atoms with E-state index in [1.54, 1.807) is 0 Å². The molecule has 1 aromatic rings. The van der Waals surface area contributed by atoms with E-state index in [0.29, 0.717) is 0 Å². The first-order valence-electron chi connectivity index (χ1n) is 5.30. The van der Waals surface area contributed by atoms with Crippen molar-refractivity contribution in [2.75, 3.05) is 7.11 Å². The number of benzene rings is 1. The number of hydrogen-bond donors (Lipinski definition) is 0. The van der Waals surface area contributed by atoms with E-state index in [-0.39, 0.29) is 6.42 Å². The molecule has 0 fully saturated rings. The minimum absolute atomic E-state index is 0.104. The molecule has 0 saturated carbocycles. The number of ether oxygens (including phenoxy) is 1. The first-order chi connectivity index (χ1) is 7.63. The zero-order valence-corrected chi connectivity index (χ0v) is 10.2. The van der Waals surface area contributed by atoms with Crippen molar-refractivity contribution in [3.63, 3.8) is 0 Å². The molecule has 1 rings (SSSR count). The van der Waals surface area contributed by atoms with Gasteiger partial charge in [0, 0.05) is 6.42 Å². The number of carbonyl (C=O) groups is 2. The molecule has 0 aliphatic carbocycles. The fraction of sp³-hybridized carbons (Fsp3) is 0.385. The van der Waals surface area contributed by atoms with E-state index in [9.17, 15) is 9.59 Å². The van der Waals surface area contributed by atoms with E-state index in [4.69, 9.17) is 0 Å². The molecular formula is C13H18O3. The van der Waals surface area contributed by atoms with Crippen LogP contribution in [0.3, 0.4) is 0 Å². The normalized spacial score (nSPS) is 8.75. The lowest BCUT2D eigenvalue weighted by molar-refractivity contribution is -0.151. The molecule has 0 aliphatic heterocycles. The van der Waals surface area contributed by atoms with Gasteiger partial charge in [-0.25, -0.2) is 4.79 Å². The summed E-state index contributed by atoms with van der Waals surface area (Å²) in [5, 5.41) is 0. The van der Waals surface area contributed by atoms with Crippen molar-refractivity contribution >= 4 is 11.8 Å². The van der Waals surface area contributed by atoms with Gasteiger partial charge in [0.15, 0.2) is 0 Å². The average Bonchev–Trinajstić information content (AvgIpc) is 2.33. The van der Waals surface area contributed by atoms with E-state index in [0.717, 1.165) is 11.1 Å². The SMILES string of the molecule is CC.COC(=O)C(=O)Cc1ccc(C)cc1. The maximum Gasteiger partial charge on any atom is 0.374 e. The Labute approximate surface area is 96.4 Å². The van der Waals surface area contributed by atoms with Crippen molar-refractivity contribution in [2.24, 2.45) is 0 Å². The van der Waals surface area contributed by atoms with Gasteiger partial charge in [0.05, 0.1) is 7.11 Å². The van der Waals surface area contributed by atoms with Crippen LogP contribution in [0.4, 0.5) is 0 Å². The lowest BCUT2D eigenvalue weighted by Crippen LogP contribution is -2.17. The van der Waals surface area contributed by atoms with Crippen LogP contribution in [0.25, 0.3) is 0 Å². The van der Waals surface area contributed by atoms with E-state index in [1.807, 2.05) is 45.0 Å². The summed E-state index contributed by atoms with van der Waals surface area (Å²) in [5.41, 5.74) is 1.95. The van der Waals surface area contributed by atoms with Crippen molar-refractivity contribution in [2.45, 2.75) is 27.2 Å². The summed E-state index contributed by atoms with van der Waals surface area (Å²) < 4.78 is 4.32. The zero-order chi connectivity index (χ0) is 12.6. The Kier molecular flexibility index (Phi) is 6.84. The topological polar surface area (TPSA) is 43.4 Å². The molecule has 0 spiro atoms. The molecule has 0 saturated heterocycles. The van der Waals surface area contributed by atoms with Gasteiger partial charge in [-0.15, -0.1) is 0 Å². The number of Topliss-reactive ketones (excluding diaryl/α,β-unsaturated/α-hetero) is 1. The van der Waals surface area contributed by atoms with E-state index in [1.165, 1.54) is 7.11 Å². The number of rotatable bonds is 3. The molecule has 0 bridgehead atoms. The summed E-state index contributed by atoms with van der Waals surface area (Å²) >= 11 is 0. The van der Waals surface area contributed by atoms with Gasteiger partial charge < -0.3 is 4.74 Å². The second-order valence-corrected chi connectivity index (χ2v) is 3.08. The van der Waals surface area contributed by atoms with Crippen LogP contribution in [0, 0.1) is 6.92 Å². The standard InChI is InChI=1S/C11H12O3.C2H6/c1-8-3-5-9(6-4-8)7-10(12)11(13)14-2;1-2/h3-6H,7H2,1-2H3;1-2H3. The number of methoxy groups -OCH3 is 1. The first kappa shape index (κ1) is 14.4. The minimum atomic E-state index is -0.787. The number of carbonyl (C=O) groups excluding carboxylic acids is 2. The van der Waals surface area contributed by atoms with E-state index in [2.05, 4.69) is 4.74 Å². The monoisotopic (exact) mass is 222 g/mol. The molecule has 0 unspecified atom stereocenters. The molecule has 0 N–H and O–H groups in total. The maximum absolute atomic E-state index is 11.2. The quantitative estimate of drug-likeness (QED) is 0.582. The van der Waals surface area contributed by atoms with Crippen molar-refractivity contribution in [3.8, 4) is 0 Å². The number of esters is 1. The van der Waals surface area contributed by atoms with Crippen molar-refractivity contribution in [1.82, 2.24) is 0 Å². The third kappa shape index (κ3) is 4.73. The predicted octanol–water partition coefficient (Wildman–Crippen LogP) is 2.31. The van der Waals surface area contributed by atoms with Gasteiger partial charge in [-0.2, -0.15) is 0 Å². The molecular weight excluding hydrogens is 204 g/mol. The van der Waals surface area contributed by atoms with Crippen molar-refractivity contribution < 1.29 is 14.3 Å². The average molecular weight is 222 g/mol. The molecule has 16 heavy (non-hydrogen) atoms. The van der Waals surface area contributed by atoms with Crippen LogP contribution < -0.4 is 0 Å². The fourth-order valence-electron chi connectivity index (χ4n) is 1.08. The predicted molar refractivity (Wildman–Crippen MR) is 63.3 cm³/mol. The lowest BCUT2D eigenvalue weighted by Gasteiger charge is -1.99.